The predicted molar refractivity (Wildman–Crippen MR) is 74.2 cm³/mol. The number of ether oxygens (including phenoxy) is 4. The molecule has 1 heterocycles. The minimum atomic E-state index is -0.671. The van der Waals surface area contributed by atoms with Gasteiger partial charge in [-0.3, -0.25) is 4.79 Å². The van der Waals surface area contributed by atoms with Crippen LogP contribution >= 0.6 is 11.6 Å². The van der Waals surface area contributed by atoms with E-state index in [-0.39, 0.29) is 34.5 Å². The molecule has 1 aromatic carbocycles. The number of fused-ring (bicyclic) bond motifs is 1. The molecule has 6 nitrogen and oxygen atoms in total. The summed E-state index contributed by atoms with van der Waals surface area (Å²) < 4.78 is 20.3. The molecule has 0 bridgehead atoms. The van der Waals surface area contributed by atoms with E-state index in [9.17, 15) is 9.59 Å². The van der Waals surface area contributed by atoms with E-state index in [0.29, 0.717) is 5.75 Å². The van der Waals surface area contributed by atoms with Crippen molar-refractivity contribution in [1.29, 1.82) is 0 Å². The Labute approximate surface area is 126 Å². The van der Waals surface area contributed by atoms with Crippen molar-refractivity contribution in [2.45, 2.75) is 6.92 Å². The molecule has 112 valence electrons. The second-order valence-electron chi connectivity index (χ2n) is 3.99. The number of esters is 1. The van der Waals surface area contributed by atoms with Crippen LogP contribution in [-0.4, -0.2) is 32.6 Å². The van der Waals surface area contributed by atoms with Crippen LogP contribution in [0.1, 0.15) is 17.3 Å². The summed E-state index contributed by atoms with van der Waals surface area (Å²) in [5.74, 6) is -0.679. The Morgan fingerprint density at radius 1 is 1.33 bits per heavy atom. The van der Waals surface area contributed by atoms with Gasteiger partial charge in [-0.1, -0.05) is 11.6 Å². The lowest BCUT2D eigenvalue weighted by Crippen LogP contribution is -2.06. The zero-order valence-corrected chi connectivity index (χ0v) is 12.4. The summed E-state index contributed by atoms with van der Waals surface area (Å²) in [5.41, 5.74) is 0.152. The summed E-state index contributed by atoms with van der Waals surface area (Å²) in [6.45, 7) is 1.86. The van der Waals surface area contributed by atoms with Gasteiger partial charge in [-0.15, -0.1) is 0 Å². The second-order valence-corrected chi connectivity index (χ2v) is 4.37. The molecule has 0 N–H and O–H groups in total. The molecule has 0 saturated heterocycles. The third-order valence-corrected chi connectivity index (χ3v) is 3.15. The molecule has 2 rings (SSSR count). The third-order valence-electron chi connectivity index (χ3n) is 2.79. The van der Waals surface area contributed by atoms with Crippen LogP contribution in [0, 0.1) is 0 Å². The van der Waals surface area contributed by atoms with Crippen molar-refractivity contribution >= 4 is 23.4 Å². The number of benzene rings is 1. The molecular weight excluding hydrogens is 300 g/mol. The number of methoxy groups -OCH3 is 2. The molecule has 0 aliphatic carbocycles. The van der Waals surface area contributed by atoms with E-state index in [4.69, 9.17) is 30.5 Å². The van der Waals surface area contributed by atoms with Gasteiger partial charge in [-0.2, -0.15) is 0 Å². The molecule has 0 atom stereocenters. The van der Waals surface area contributed by atoms with Crippen LogP contribution in [-0.2, 0) is 9.53 Å². The van der Waals surface area contributed by atoms with Gasteiger partial charge in [0.2, 0.25) is 5.78 Å². The highest BCUT2D eigenvalue weighted by molar-refractivity contribution is 6.35. The number of hydrogen-bond donors (Lipinski definition) is 0. The zero-order chi connectivity index (χ0) is 15.6. The summed E-state index contributed by atoms with van der Waals surface area (Å²) in [5, 5.41) is 0.133. The topological polar surface area (TPSA) is 71.1 Å². The highest BCUT2D eigenvalue weighted by Gasteiger charge is 2.35. The Hall–Kier alpha value is -2.21. The van der Waals surface area contributed by atoms with Crippen molar-refractivity contribution in [3.05, 3.63) is 28.5 Å². The number of rotatable bonds is 4. The highest BCUT2D eigenvalue weighted by Crippen LogP contribution is 2.47. The minimum absolute atomic E-state index is 0.105. The van der Waals surface area contributed by atoms with Gasteiger partial charge in [-0.05, 0) is 6.92 Å². The molecule has 21 heavy (non-hydrogen) atoms. The Morgan fingerprint density at radius 3 is 2.57 bits per heavy atom. The Balaban J connectivity index is 2.50. The van der Waals surface area contributed by atoms with Crippen molar-refractivity contribution in [1.82, 2.24) is 0 Å². The zero-order valence-electron chi connectivity index (χ0n) is 11.7. The number of ketones is 1. The normalized spacial score (nSPS) is 14.7. The molecule has 0 unspecified atom stereocenters. The van der Waals surface area contributed by atoms with E-state index in [1.165, 1.54) is 20.3 Å². The van der Waals surface area contributed by atoms with E-state index in [1.54, 1.807) is 6.92 Å². The van der Waals surface area contributed by atoms with Crippen LogP contribution in [0.3, 0.4) is 0 Å². The predicted octanol–water partition coefficient (Wildman–Crippen LogP) is 2.38. The van der Waals surface area contributed by atoms with Gasteiger partial charge in [0.1, 0.15) is 22.1 Å². The molecule has 0 fully saturated rings. The number of Topliss-reactive ketones (excluding diaryl/α,β-unsaturated/α-hetero) is 1. The maximum Gasteiger partial charge on any atom is 0.334 e. The van der Waals surface area contributed by atoms with E-state index in [2.05, 4.69) is 0 Å². The number of carbonyl (C=O) groups excluding carboxylic acids is 2. The maximum absolute atomic E-state index is 12.3. The molecule has 0 saturated carbocycles. The molecule has 1 aliphatic rings. The van der Waals surface area contributed by atoms with Crippen molar-refractivity contribution in [2.75, 3.05) is 20.8 Å². The first kappa shape index (κ1) is 15.2. The Kier molecular flexibility index (Phi) is 4.37. The molecule has 0 radical (unpaired) electrons. The first-order valence-corrected chi connectivity index (χ1v) is 6.46. The quantitative estimate of drug-likeness (QED) is 0.628. The van der Waals surface area contributed by atoms with Crippen LogP contribution in [0.4, 0.5) is 0 Å². The van der Waals surface area contributed by atoms with Gasteiger partial charge < -0.3 is 18.9 Å². The summed E-state index contributed by atoms with van der Waals surface area (Å²) in [6.07, 6.45) is 0.980. The lowest BCUT2D eigenvalue weighted by atomic mass is 10.1. The Bertz CT molecular complexity index is 635. The number of halogens is 1. The van der Waals surface area contributed by atoms with Crippen LogP contribution in [0.25, 0.3) is 0 Å². The average Bonchev–Trinajstić information content (AvgIpc) is 2.78. The molecular formula is C14H13ClO6. The first-order valence-electron chi connectivity index (χ1n) is 6.08. The van der Waals surface area contributed by atoms with Crippen LogP contribution in [0.2, 0.25) is 5.02 Å². The molecule has 1 aliphatic heterocycles. The van der Waals surface area contributed by atoms with Gasteiger partial charge in [0.25, 0.3) is 0 Å². The van der Waals surface area contributed by atoms with Gasteiger partial charge in [-0.25, -0.2) is 4.79 Å². The largest absolute Gasteiger partial charge is 0.496 e. The number of hydrogen-bond acceptors (Lipinski definition) is 6. The monoisotopic (exact) mass is 312 g/mol. The van der Waals surface area contributed by atoms with Crippen molar-refractivity contribution in [2.24, 2.45) is 0 Å². The summed E-state index contributed by atoms with van der Waals surface area (Å²) in [7, 11) is 2.84. The van der Waals surface area contributed by atoms with E-state index in [0.717, 1.165) is 6.08 Å². The molecule has 0 amide bonds. The number of carbonyl (C=O) groups is 2. The minimum Gasteiger partial charge on any atom is -0.496 e. The van der Waals surface area contributed by atoms with Crippen LogP contribution < -0.4 is 14.2 Å². The summed E-state index contributed by atoms with van der Waals surface area (Å²) in [4.78, 5) is 23.7. The van der Waals surface area contributed by atoms with Crippen LogP contribution in [0.5, 0.6) is 17.2 Å². The molecule has 0 aromatic heterocycles. The Morgan fingerprint density at radius 2 is 2.00 bits per heavy atom. The molecule has 0 spiro atoms. The average molecular weight is 313 g/mol. The van der Waals surface area contributed by atoms with E-state index >= 15 is 0 Å². The smallest absolute Gasteiger partial charge is 0.334 e. The standard InChI is InChI=1S/C14H13ClO6/c1-4-20-10(16)6-9-13(17)11-7(18-2)5-8(19-3)12(15)14(11)21-9/h5-6H,4H2,1-3H3/b9-6-. The number of allylic oxidation sites excluding steroid dienone is 1. The maximum atomic E-state index is 12.3. The first-order chi connectivity index (χ1) is 10.0. The van der Waals surface area contributed by atoms with E-state index < -0.39 is 11.8 Å². The SMILES string of the molecule is CCOC(=O)/C=C1\Oc2c(Cl)c(OC)cc(OC)c2C1=O. The van der Waals surface area contributed by atoms with E-state index in [1.807, 2.05) is 0 Å². The van der Waals surface area contributed by atoms with Crippen molar-refractivity contribution in [3.8, 4) is 17.2 Å². The van der Waals surface area contributed by atoms with Gasteiger partial charge >= 0.3 is 5.97 Å². The lowest BCUT2D eigenvalue weighted by molar-refractivity contribution is -0.137. The molecule has 7 heteroatoms. The van der Waals surface area contributed by atoms with Crippen LogP contribution in [0.15, 0.2) is 17.9 Å². The summed E-state index contributed by atoms with van der Waals surface area (Å²) >= 11 is 6.11. The second kappa shape index (κ2) is 6.05. The fraction of sp³-hybridized carbons (Fsp3) is 0.286. The van der Waals surface area contributed by atoms with Gasteiger partial charge in [0.05, 0.1) is 26.9 Å². The lowest BCUT2D eigenvalue weighted by Gasteiger charge is -2.10. The van der Waals surface area contributed by atoms with Gasteiger partial charge in [0, 0.05) is 6.07 Å². The van der Waals surface area contributed by atoms with Crippen molar-refractivity contribution < 1.29 is 28.5 Å². The fourth-order valence-electron chi connectivity index (χ4n) is 1.87. The summed E-state index contributed by atoms with van der Waals surface area (Å²) in [6, 6.07) is 1.48. The third kappa shape index (κ3) is 2.67. The van der Waals surface area contributed by atoms with Crippen molar-refractivity contribution in [3.63, 3.8) is 0 Å². The molecule has 1 aromatic rings. The fourth-order valence-corrected chi connectivity index (χ4v) is 2.14. The highest BCUT2D eigenvalue weighted by atomic mass is 35.5. The van der Waals surface area contributed by atoms with Gasteiger partial charge in [0.15, 0.2) is 11.5 Å².